The fraction of sp³-hybridized carbons (Fsp3) is 0.889. The molecule has 1 N–H and O–H groups in total. The van der Waals surface area contributed by atoms with E-state index in [-0.39, 0.29) is 29.6 Å². The van der Waals surface area contributed by atoms with E-state index in [0.29, 0.717) is 13.1 Å². The van der Waals surface area contributed by atoms with Crippen LogP contribution in [0.2, 0.25) is 0 Å². The SMILES string of the molecule is CN(C)C(=O)N1CCN[C@@H]2CS(=O)(=O)C[C@H]21. The monoisotopic (exact) mass is 247 g/mol. The highest BCUT2D eigenvalue weighted by Crippen LogP contribution is 2.21. The summed E-state index contributed by atoms with van der Waals surface area (Å²) >= 11 is 0. The summed E-state index contributed by atoms with van der Waals surface area (Å²) in [5.74, 6) is 0.235. The van der Waals surface area contributed by atoms with Crippen molar-refractivity contribution in [3.8, 4) is 0 Å². The van der Waals surface area contributed by atoms with Crippen molar-refractivity contribution in [2.75, 3.05) is 38.7 Å². The maximum atomic E-state index is 11.9. The lowest BCUT2D eigenvalue weighted by molar-refractivity contribution is 0.130. The fourth-order valence-corrected chi connectivity index (χ4v) is 4.32. The predicted molar refractivity (Wildman–Crippen MR) is 60.0 cm³/mol. The van der Waals surface area contributed by atoms with E-state index in [0.717, 1.165) is 0 Å². The van der Waals surface area contributed by atoms with E-state index in [1.54, 1.807) is 19.0 Å². The molecule has 0 aromatic carbocycles. The molecule has 2 heterocycles. The van der Waals surface area contributed by atoms with E-state index in [2.05, 4.69) is 5.32 Å². The van der Waals surface area contributed by atoms with Gasteiger partial charge in [0.05, 0.1) is 17.5 Å². The highest BCUT2D eigenvalue weighted by Gasteiger charge is 2.44. The molecule has 0 aromatic rings. The number of amides is 2. The molecule has 16 heavy (non-hydrogen) atoms. The molecule has 6 nitrogen and oxygen atoms in total. The van der Waals surface area contributed by atoms with Gasteiger partial charge in [0.25, 0.3) is 0 Å². The van der Waals surface area contributed by atoms with Crippen molar-refractivity contribution in [3.05, 3.63) is 0 Å². The number of carbonyl (C=O) groups is 1. The Labute approximate surface area is 95.5 Å². The van der Waals surface area contributed by atoms with Gasteiger partial charge in [-0.1, -0.05) is 0 Å². The molecular formula is C9H17N3O3S. The van der Waals surface area contributed by atoms with Crippen LogP contribution in [0, 0.1) is 0 Å². The smallest absolute Gasteiger partial charge is 0.319 e. The maximum Gasteiger partial charge on any atom is 0.319 e. The Hall–Kier alpha value is -0.820. The molecule has 92 valence electrons. The first-order chi connectivity index (χ1) is 7.41. The first-order valence-electron chi connectivity index (χ1n) is 5.32. The van der Waals surface area contributed by atoms with Gasteiger partial charge in [-0.25, -0.2) is 13.2 Å². The molecule has 0 unspecified atom stereocenters. The fourth-order valence-electron chi connectivity index (χ4n) is 2.36. The topological polar surface area (TPSA) is 69.7 Å². The van der Waals surface area contributed by atoms with Gasteiger partial charge < -0.3 is 15.1 Å². The molecule has 0 saturated carbocycles. The molecule has 2 saturated heterocycles. The largest absolute Gasteiger partial charge is 0.331 e. The van der Waals surface area contributed by atoms with Crippen LogP contribution in [-0.2, 0) is 9.84 Å². The van der Waals surface area contributed by atoms with Gasteiger partial charge in [0.1, 0.15) is 0 Å². The molecule has 2 aliphatic rings. The van der Waals surface area contributed by atoms with Crippen molar-refractivity contribution < 1.29 is 13.2 Å². The molecule has 0 aliphatic carbocycles. The van der Waals surface area contributed by atoms with Crippen LogP contribution < -0.4 is 5.32 Å². The number of nitrogens with one attached hydrogen (secondary N) is 1. The average molecular weight is 247 g/mol. The Balaban J connectivity index is 2.19. The second-order valence-electron chi connectivity index (χ2n) is 4.58. The number of carbonyl (C=O) groups excluding carboxylic acids is 1. The number of hydrogen-bond donors (Lipinski definition) is 1. The van der Waals surface area contributed by atoms with Crippen molar-refractivity contribution >= 4 is 15.9 Å². The standard InChI is InChI=1S/C9H17N3O3S/c1-11(2)9(13)12-4-3-10-7-5-16(14,15)6-8(7)12/h7-8,10H,3-6H2,1-2H3/t7-,8-/m1/s1. The first kappa shape index (κ1) is 11.7. The number of nitrogens with zero attached hydrogens (tertiary/aromatic N) is 2. The van der Waals surface area contributed by atoms with Gasteiger partial charge in [-0.05, 0) is 0 Å². The molecule has 2 aliphatic heterocycles. The average Bonchev–Trinajstić information content (AvgIpc) is 2.49. The van der Waals surface area contributed by atoms with Crippen LogP contribution in [0.5, 0.6) is 0 Å². The van der Waals surface area contributed by atoms with Crippen molar-refractivity contribution in [3.63, 3.8) is 0 Å². The number of fused-ring (bicyclic) bond motifs is 1. The van der Waals surface area contributed by atoms with Crippen LogP contribution >= 0.6 is 0 Å². The van der Waals surface area contributed by atoms with Crippen LogP contribution in [0.25, 0.3) is 0 Å². The second-order valence-corrected chi connectivity index (χ2v) is 6.73. The minimum absolute atomic E-state index is 0.0875. The molecular weight excluding hydrogens is 230 g/mol. The van der Waals surface area contributed by atoms with Gasteiger partial charge in [-0.2, -0.15) is 0 Å². The quantitative estimate of drug-likeness (QED) is 0.580. The molecule has 0 spiro atoms. The lowest BCUT2D eigenvalue weighted by Crippen LogP contribution is -2.60. The summed E-state index contributed by atoms with van der Waals surface area (Å²) < 4.78 is 23.1. The summed E-state index contributed by atoms with van der Waals surface area (Å²) in [6.45, 7) is 1.24. The first-order valence-corrected chi connectivity index (χ1v) is 7.14. The van der Waals surface area contributed by atoms with E-state index in [1.165, 1.54) is 4.90 Å². The third-order valence-corrected chi connectivity index (χ3v) is 4.83. The lowest BCUT2D eigenvalue weighted by atomic mass is 10.1. The van der Waals surface area contributed by atoms with Crippen molar-refractivity contribution in [1.29, 1.82) is 0 Å². The summed E-state index contributed by atoms with van der Waals surface area (Å²) in [5.41, 5.74) is 0. The van der Waals surface area contributed by atoms with Gasteiger partial charge in [0.15, 0.2) is 9.84 Å². The van der Waals surface area contributed by atoms with E-state index < -0.39 is 9.84 Å². The summed E-state index contributed by atoms with van der Waals surface area (Å²) in [6.07, 6.45) is 0. The number of piperazine rings is 1. The van der Waals surface area contributed by atoms with E-state index >= 15 is 0 Å². The third kappa shape index (κ3) is 2.01. The zero-order chi connectivity index (χ0) is 11.9. The summed E-state index contributed by atoms with van der Waals surface area (Å²) in [4.78, 5) is 15.0. The molecule has 2 amide bonds. The zero-order valence-electron chi connectivity index (χ0n) is 9.51. The zero-order valence-corrected chi connectivity index (χ0v) is 10.3. The Morgan fingerprint density at radius 3 is 2.69 bits per heavy atom. The molecule has 2 fully saturated rings. The Bertz CT molecular complexity index is 393. The van der Waals surface area contributed by atoms with Gasteiger partial charge >= 0.3 is 6.03 Å². The van der Waals surface area contributed by atoms with E-state index in [1.807, 2.05) is 0 Å². The molecule has 0 radical (unpaired) electrons. The Kier molecular flexibility index (Phi) is 2.83. The van der Waals surface area contributed by atoms with Crippen molar-refractivity contribution in [2.24, 2.45) is 0 Å². The van der Waals surface area contributed by atoms with E-state index in [9.17, 15) is 13.2 Å². The Morgan fingerprint density at radius 1 is 1.38 bits per heavy atom. The summed E-state index contributed by atoms with van der Waals surface area (Å²) in [6, 6.07) is -0.398. The minimum Gasteiger partial charge on any atom is -0.331 e. The molecule has 2 atom stereocenters. The van der Waals surface area contributed by atoms with Crippen LogP contribution in [0.4, 0.5) is 4.79 Å². The second kappa shape index (κ2) is 3.89. The normalized spacial score (nSPS) is 32.2. The van der Waals surface area contributed by atoms with Crippen LogP contribution in [0.15, 0.2) is 0 Å². The summed E-state index contributed by atoms with van der Waals surface area (Å²) in [5, 5.41) is 3.17. The van der Waals surface area contributed by atoms with Crippen LogP contribution in [-0.4, -0.2) is 75.0 Å². The molecule has 7 heteroatoms. The minimum atomic E-state index is -3.00. The van der Waals surface area contributed by atoms with E-state index in [4.69, 9.17) is 0 Å². The van der Waals surface area contributed by atoms with Crippen LogP contribution in [0.1, 0.15) is 0 Å². The third-order valence-electron chi connectivity index (χ3n) is 3.11. The highest BCUT2D eigenvalue weighted by atomic mass is 32.2. The number of hydrogen-bond acceptors (Lipinski definition) is 4. The van der Waals surface area contributed by atoms with Crippen molar-refractivity contribution in [2.45, 2.75) is 12.1 Å². The number of rotatable bonds is 0. The maximum absolute atomic E-state index is 11.9. The predicted octanol–water partition coefficient (Wildman–Crippen LogP) is -1.26. The molecule has 0 bridgehead atoms. The van der Waals surface area contributed by atoms with Gasteiger partial charge in [0.2, 0.25) is 0 Å². The lowest BCUT2D eigenvalue weighted by Gasteiger charge is -2.38. The molecule has 2 rings (SSSR count). The van der Waals surface area contributed by atoms with Crippen molar-refractivity contribution in [1.82, 2.24) is 15.1 Å². The number of sulfone groups is 1. The van der Waals surface area contributed by atoms with Gasteiger partial charge in [0, 0.05) is 33.2 Å². The highest BCUT2D eigenvalue weighted by molar-refractivity contribution is 7.91. The number of urea groups is 1. The molecule has 0 aromatic heterocycles. The van der Waals surface area contributed by atoms with Gasteiger partial charge in [-0.15, -0.1) is 0 Å². The van der Waals surface area contributed by atoms with Gasteiger partial charge in [-0.3, -0.25) is 0 Å². The van der Waals surface area contributed by atoms with Crippen LogP contribution in [0.3, 0.4) is 0 Å². The summed E-state index contributed by atoms with van der Waals surface area (Å²) in [7, 11) is 0.371. The Morgan fingerprint density at radius 2 is 2.06 bits per heavy atom.